The number of amidine groups is 1. The Balaban J connectivity index is 2.32. The summed E-state index contributed by atoms with van der Waals surface area (Å²) in [5.74, 6) is 0.223. The number of nitrogens with one attached hydrogen (secondary N) is 1. The fourth-order valence-corrected chi connectivity index (χ4v) is 2.04. The lowest BCUT2D eigenvalue weighted by atomic mass is 10.1. The standard InChI is InChI=1S/C12H12BrFN2O/c1-6(2)10-12(17)16-11(15-10)7-3-4-9(14)8(13)5-7/h3-6,10H,1-2H3,(H,15,16,17). The lowest BCUT2D eigenvalue weighted by molar-refractivity contribution is -0.120. The Hall–Kier alpha value is -1.23. The van der Waals surface area contributed by atoms with Gasteiger partial charge in [0.2, 0.25) is 0 Å². The van der Waals surface area contributed by atoms with Gasteiger partial charge in [0.1, 0.15) is 17.7 Å². The van der Waals surface area contributed by atoms with Crippen molar-refractivity contribution in [2.75, 3.05) is 0 Å². The fourth-order valence-electron chi connectivity index (χ4n) is 1.66. The topological polar surface area (TPSA) is 41.5 Å². The highest BCUT2D eigenvalue weighted by molar-refractivity contribution is 9.10. The molecule has 17 heavy (non-hydrogen) atoms. The van der Waals surface area contributed by atoms with Gasteiger partial charge in [-0.15, -0.1) is 0 Å². The lowest BCUT2D eigenvalue weighted by Gasteiger charge is -2.06. The van der Waals surface area contributed by atoms with Crippen LogP contribution in [0.4, 0.5) is 4.39 Å². The summed E-state index contributed by atoms with van der Waals surface area (Å²) < 4.78 is 13.5. The van der Waals surface area contributed by atoms with Crippen molar-refractivity contribution < 1.29 is 9.18 Å². The van der Waals surface area contributed by atoms with Crippen molar-refractivity contribution in [3.05, 3.63) is 34.1 Å². The molecule has 1 unspecified atom stereocenters. The molecule has 1 heterocycles. The van der Waals surface area contributed by atoms with Crippen LogP contribution in [-0.4, -0.2) is 17.8 Å². The first-order chi connectivity index (χ1) is 7.99. The van der Waals surface area contributed by atoms with Crippen molar-refractivity contribution in [3.8, 4) is 0 Å². The Labute approximate surface area is 107 Å². The number of amides is 1. The summed E-state index contributed by atoms with van der Waals surface area (Å²) in [6.45, 7) is 3.88. The van der Waals surface area contributed by atoms with Crippen LogP contribution in [0.5, 0.6) is 0 Å². The molecule has 5 heteroatoms. The van der Waals surface area contributed by atoms with Gasteiger partial charge in [-0.2, -0.15) is 0 Å². The van der Waals surface area contributed by atoms with Crippen LogP contribution in [0.25, 0.3) is 0 Å². The number of hydrogen-bond donors (Lipinski definition) is 1. The van der Waals surface area contributed by atoms with E-state index < -0.39 is 0 Å². The van der Waals surface area contributed by atoms with Crippen molar-refractivity contribution in [2.24, 2.45) is 10.9 Å². The van der Waals surface area contributed by atoms with Gasteiger partial charge < -0.3 is 5.32 Å². The normalized spacial score (nSPS) is 19.5. The van der Waals surface area contributed by atoms with E-state index in [1.807, 2.05) is 13.8 Å². The zero-order chi connectivity index (χ0) is 12.6. The number of nitrogens with zero attached hydrogens (tertiary/aromatic N) is 1. The van der Waals surface area contributed by atoms with Gasteiger partial charge in [0.05, 0.1) is 4.47 Å². The molecular weight excluding hydrogens is 287 g/mol. The van der Waals surface area contributed by atoms with E-state index in [1.54, 1.807) is 12.1 Å². The molecule has 90 valence electrons. The summed E-state index contributed by atoms with van der Waals surface area (Å²) >= 11 is 3.11. The van der Waals surface area contributed by atoms with Crippen LogP contribution in [0.2, 0.25) is 0 Å². The molecule has 1 aromatic rings. The van der Waals surface area contributed by atoms with Crippen LogP contribution in [0.3, 0.4) is 0 Å². The molecule has 1 amide bonds. The number of aliphatic imine (C=N–C) groups is 1. The molecule has 0 saturated carbocycles. The largest absolute Gasteiger partial charge is 0.309 e. The average Bonchev–Trinajstić information content (AvgIpc) is 2.64. The van der Waals surface area contributed by atoms with Crippen LogP contribution < -0.4 is 5.32 Å². The number of hydrogen-bond acceptors (Lipinski definition) is 2. The van der Waals surface area contributed by atoms with Gasteiger partial charge in [-0.05, 0) is 40.0 Å². The molecule has 0 aliphatic carbocycles. The highest BCUT2D eigenvalue weighted by Gasteiger charge is 2.29. The Morgan fingerprint density at radius 1 is 1.47 bits per heavy atom. The van der Waals surface area contributed by atoms with Crippen LogP contribution in [0.1, 0.15) is 19.4 Å². The zero-order valence-electron chi connectivity index (χ0n) is 9.50. The van der Waals surface area contributed by atoms with Gasteiger partial charge in [-0.1, -0.05) is 13.8 Å². The SMILES string of the molecule is CC(C)C1N=C(c2ccc(F)c(Br)c2)NC1=O. The highest BCUT2D eigenvalue weighted by atomic mass is 79.9. The number of carbonyl (C=O) groups is 1. The molecule has 0 fully saturated rings. The first kappa shape index (κ1) is 12.2. The predicted octanol–water partition coefficient (Wildman–Crippen LogP) is 2.49. The van der Waals surface area contributed by atoms with E-state index in [1.165, 1.54) is 6.07 Å². The van der Waals surface area contributed by atoms with Gasteiger partial charge in [0.25, 0.3) is 5.91 Å². The summed E-state index contributed by atoms with van der Waals surface area (Å²) in [4.78, 5) is 16.0. The van der Waals surface area contributed by atoms with Gasteiger partial charge in [0, 0.05) is 5.56 Å². The first-order valence-corrected chi connectivity index (χ1v) is 6.12. The van der Waals surface area contributed by atoms with E-state index in [2.05, 4.69) is 26.2 Å². The van der Waals surface area contributed by atoms with Crippen molar-refractivity contribution in [2.45, 2.75) is 19.9 Å². The van der Waals surface area contributed by atoms with Crippen LogP contribution in [0.15, 0.2) is 27.7 Å². The molecule has 1 aromatic carbocycles. The number of benzene rings is 1. The molecular formula is C12H12BrFN2O. The Kier molecular flexibility index (Phi) is 3.28. The summed E-state index contributed by atoms with van der Waals surface area (Å²) in [6, 6.07) is 4.20. The molecule has 3 nitrogen and oxygen atoms in total. The Morgan fingerprint density at radius 2 is 2.18 bits per heavy atom. The zero-order valence-corrected chi connectivity index (χ0v) is 11.1. The molecule has 0 radical (unpaired) electrons. The minimum absolute atomic E-state index is 0.101. The molecule has 1 N–H and O–H groups in total. The third-order valence-corrected chi connectivity index (χ3v) is 3.21. The van der Waals surface area contributed by atoms with Crippen LogP contribution >= 0.6 is 15.9 Å². The highest BCUT2D eigenvalue weighted by Crippen LogP contribution is 2.20. The Bertz CT molecular complexity index is 499. The maximum absolute atomic E-state index is 13.1. The van der Waals surface area contributed by atoms with E-state index in [9.17, 15) is 9.18 Å². The molecule has 0 aromatic heterocycles. The van der Waals surface area contributed by atoms with E-state index in [-0.39, 0.29) is 23.7 Å². The Morgan fingerprint density at radius 3 is 2.71 bits per heavy atom. The second kappa shape index (κ2) is 4.56. The minimum Gasteiger partial charge on any atom is -0.309 e. The molecule has 2 rings (SSSR count). The van der Waals surface area contributed by atoms with E-state index in [0.29, 0.717) is 15.9 Å². The lowest BCUT2D eigenvalue weighted by Crippen LogP contribution is -2.31. The third kappa shape index (κ3) is 2.39. The van der Waals surface area contributed by atoms with Crippen LogP contribution in [-0.2, 0) is 4.79 Å². The van der Waals surface area contributed by atoms with Gasteiger partial charge in [-0.3, -0.25) is 9.79 Å². The maximum Gasteiger partial charge on any atom is 0.250 e. The summed E-state index contributed by atoms with van der Waals surface area (Å²) in [7, 11) is 0. The second-order valence-electron chi connectivity index (χ2n) is 4.28. The van der Waals surface area contributed by atoms with E-state index in [4.69, 9.17) is 0 Å². The average molecular weight is 299 g/mol. The fraction of sp³-hybridized carbons (Fsp3) is 0.333. The number of halogens is 2. The van der Waals surface area contributed by atoms with Gasteiger partial charge in [0.15, 0.2) is 0 Å². The first-order valence-electron chi connectivity index (χ1n) is 5.33. The summed E-state index contributed by atoms with van der Waals surface area (Å²) in [5.41, 5.74) is 0.703. The van der Waals surface area contributed by atoms with Crippen molar-refractivity contribution in [1.82, 2.24) is 5.32 Å². The minimum atomic E-state index is -0.353. The van der Waals surface area contributed by atoms with Crippen LogP contribution in [0, 0.1) is 11.7 Å². The third-order valence-electron chi connectivity index (χ3n) is 2.60. The molecule has 0 spiro atoms. The summed E-state index contributed by atoms with van der Waals surface area (Å²) in [5, 5.41) is 2.72. The monoisotopic (exact) mass is 298 g/mol. The number of carbonyl (C=O) groups excluding carboxylic acids is 1. The molecule has 0 bridgehead atoms. The molecule has 1 aliphatic heterocycles. The van der Waals surface area contributed by atoms with Crippen molar-refractivity contribution in [1.29, 1.82) is 0 Å². The smallest absolute Gasteiger partial charge is 0.250 e. The van der Waals surface area contributed by atoms with Gasteiger partial charge in [-0.25, -0.2) is 4.39 Å². The van der Waals surface area contributed by atoms with Crippen molar-refractivity contribution >= 4 is 27.7 Å². The molecule has 0 saturated heterocycles. The molecule has 1 aliphatic rings. The predicted molar refractivity (Wildman–Crippen MR) is 67.4 cm³/mol. The van der Waals surface area contributed by atoms with E-state index >= 15 is 0 Å². The van der Waals surface area contributed by atoms with Gasteiger partial charge >= 0.3 is 0 Å². The van der Waals surface area contributed by atoms with E-state index in [0.717, 1.165) is 0 Å². The maximum atomic E-state index is 13.1. The second-order valence-corrected chi connectivity index (χ2v) is 5.14. The number of rotatable bonds is 2. The quantitative estimate of drug-likeness (QED) is 0.895. The summed E-state index contributed by atoms with van der Waals surface area (Å²) in [6.07, 6.45) is 0. The van der Waals surface area contributed by atoms with Crippen molar-refractivity contribution in [3.63, 3.8) is 0 Å². The molecule has 1 atom stereocenters.